The molecule has 1 fully saturated rings. The summed E-state index contributed by atoms with van der Waals surface area (Å²) in [5.74, 6) is -2.28. The molecule has 2 aliphatic rings. The van der Waals surface area contributed by atoms with Crippen molar-refractivity contribution in [2.45, 2.75) is 19.3 Å². The number of anilines is 1. The van der Waals surface area contributed by atoms with Gasteiger partial charge in [-0.15, -0.1) is 0 Å². The molecule has 0 radical (unpaired) electrons. The number of benzene rings is 1. The highest BCUT2D eigenvalue weighted by Gasteiger charge is 2.18. The van der Waals surface area contributed by atoms with E-state index in [1.807, 2.05) is 6.07 Å². The molecule has 0 atom stereocenters. The van der Waals surface area contributed by atoms with Gasteiger partial charge in [0.2, 0.25) is 5.95 Å². The lowest BCUT2D eigenvalue weighted by Gasteiger charge is -2.34. The third-order valence-corrected chi connectivity index (χ3v) is 5.74. The van der Waals surface area contributed by atoms with E-state index in [9.17, 15) is 14.0 Å². The van der Waals surface area contributed by atoms with Crippen LogP contribution in [0.1, 0.15) is 19.3 Å². The minimum Gasteiger partial charge on any atom is -0.478 e. The lowest BCUT2D eigenvalue weighted by molar-refractivity contribution is -0.134. The Labute approximate surface area is 208 Å². The average molecular weight is 499 g/mol. The summed E-state index contributed by atoms with van der Waals surface area (Å²) in [6.07, 6.45) is 6.93. The van der Waals surface area contributed by atoms with E-state index in [2.05, 4.69) is 48.3 Å². The Balaban J connectivity index is 0.000000392. The first-order valence-corrected chi connectivity index (χ1v) is 11.9. The zero-order valence-corrected chi connectivity index (χ0v) is 20.0. The molecule has 11 heteroatoms. The average Bonchev–Trinajstić information content (AvgIpc) is 2.89. The summed E-state index contributed by atoms with van der Waals surface area (Å²) < 4.78 is 12.9. The minimum atomic E-state index is -1.26. The summed E-state index contributed by atoms with van der Waals surface area (Å²) in [4.78, 5) is 36.5. The fraction of sp³-hybridized carbons (Fsp3) is 0.400. The number of halogens is 1. The number of fused-ring (bicyclic) bond motifs is 1. The smallest absolute Gasteiger partial charge is 0.328 e. The molecule has 0 spiro atoms. The molecule has 2 aromatic rings. The molecule has 192 valence electrons. The minimum absolute atomic E-state index is 0.389. The van der Waals surface area contributed by atoms with E-state index in [0.717, 1.165) is 64.0 Å². The molecule has 2 aliphatic heterocycles. The topological polar surface area (TPSA) is 131 Å². The largest absolute Gasteiger partial charge is 0.478 e. The van der Waals surface area contributed by atoms with Gasteiger partial charge in [-0.3, -0.25) is 9.89 Å². The van der Waals surface area contributed by atoms with E-state index in [1.165, 1.54) is 29.7 Å². The van der Waals surface area contributed by atoms with Gasteiger partial charge in [0.05, 0.1) is 17.8 Å². The number of hydrogen-bond acceptors (Lipinski definition) is 8. The van der Waals surface area contributed by atoms with Crippen LogP contribution < -0.4 is 20.8 Å². The summed E-state index contributed by atoms with van der Waals surface area (Å²) in [6, 6.07) is 8.38. The highest BCUT2D eigenvalue weighted by Crippen LogP contribution is 2.11. The van der Waals surface area contributed by atoms with E-state index in [4.69, 9.17) is 10.2 Å². The van der Waals surface area contributed by atoms with Crippen LogP contribution in [0.4, 0.5) is 10.3 Å². The first kappa shape index (κ1) is 26.7. The van der Waals surface area contributed by atoms with Crippen molar-refractivity contribution >= 4 is 23.6 Å². The Hall–Kier alpha value is -3.86. The van der Waals surface area contributed by atoms with Crippen LogP contribution in [0.5, 0.6) is 0 Å². The Morgan fingerprint density at radius 3 is 2.33 bits per heavy atom. The number of nitrogens with zero attached hydrogens (tertiary/aromatic N) is 5. The van der Waals surface area contributed by atoms with Gasteiger partial charge >= 0.3 is 11.9 Å². The quantitative estimate of drug-likeness (QED) is 0.337. The molecule has 3 N–H and O–H groups in total. The molecule has 0 amide bonds. The molecule has 1 aromatic heterocycles. The second-order valence-electron chi connectivity index (χ2n) is 8.30. The van der Waals surface area contributed by atoms with E-state index >= 15 is 0 Å². The normalized spacial score (nSPS) is 15.5. The fourth-order valence-corrected chi connectivity index (χ4v) is 3.96. The summed E-state index contributed by atoms with van der Waals surface area (Å²) in [5, 5.41) is 21.6. The van der Waals surface area contributed by atoms with Gasteiger partial charge in [0.1, 0.15) is 0 Å². The number of piperazine rings is 1. The summed E-state index contributed by atoms with van der Waals surface area (Å²) in [6.45, 7) is 6.78. The van der Waals surface area contributed by atoms with E-state index in [0.29, 0.717) is 18.1 Å². The van der Waals surface area contributed by atoms with Crippen LogP contribution in [0.2, 0.25) is 0 Å². The van der Waals surface area contributed by atoms with Crippen LogP contribution in [-0.2, 0) is 9.59 Å². The van der Waals surface area contributed by atoms with Gasteiger partial charge in [0, 0.05) is 68.8 Å². The number of unbranched alkanes of at least 4 members (excludes halogenated alkanes) is 1. The van der Waals surface area contributed by atoms with Crippen LogP contribution in [0.25, 0.3) is 5.70 Å². The number of aromatic nitrogens is 2. The number of aliphatic carboxylic acids is 2. The highest BCUT2D eigenvalue weighted by molar-refractivity contribution is 5.89. The Bertz CT molecular complexity index is 1150. The lowest BCUT2D eigenvalue weighted by Crippen LogP contribution is -2.47. The monoisotopic (exact) mass is 498 g/mol. The highest BCUT2D eigenvalue weighted by atomic mass is 19.1. The van der Waals surface area contributed by atoms with Crippen LogP contribution >= 0.6 is 0 Å². The third kappa shape index (κ3) is 8.73. The van der Waals surface area contributed by atoms with Crippen LogP contribution in [0.3, 0.4) is 0 Å². The number of para-hydroxylation sites is 1. The maximum atomic E-state index is 12.9. The van der Waals surface area contributed by atoms with E-state index < -0.39 is 11.9 Å². The van der Waals surface area contributed by atoms with Crippen molar-refractivity contribution in [3.05, 3.63) is 65.2 Å². The molecule has 0 aliphatic carbocycles. The lowest BCUT2D eigenvalue weighted by atomic mass is 10.1. The van der Waals surface area contributed by atoms with Crippen LogP contribution in [0, 0.1) is 5.82 Å². The van der Waals surface area contributed by atoms with Crippen molar-refractivity contribution in [3.63, 3.8) is 0 Å². The SMILES string of the molecule is Fc1cnc(N2CCN(CCCCNC3=c4ccccc4=NCC3)CC2)nc1.O=C(O)C=CC(=O)O. The summed E-state index contributed by atoms with van der Waals surface area (Å²) in [5.41, 5.74) is 1.33. The first-order chi connectivity index (χ1) is 17.4. The van der Waals surface area contributed by atoms with Gasteiger partial charge in [-0.05, 0) is 25.5 Å². The maximum absolute atomic E-state index is 12.9. The standard InChI is InChI=1S/C21H27FN6.C4H4O4/c22-17-15-25-21(26-16-17)28-13-11-27(12-14-28)10-4-3-8-23-20-7-9-24-19-6-2-1-5-18(19)20;5-3(6)1-2-4(7)8/h1-2,5-6,15-16,23H,3-4,7-14H2;1-2H,(H,5,6)(H,7,8). The van der Waals surface area contributed by atoms with Gasteiger partial charge in [0.25, 0.3) is 0 Å². The van der Waals surface area contributed by atoms with Gasteiger partial charge in [-0.1, -0.05) is 18.2 Å². The number of carbonyl (C=O) groups is 2. The molecular weight excluding hydrogens is 467 g/mol. The van der Waals surface area contributed by atoms with Crippen molar-refractivity contribution in [2.75, 3.05) is 50.7 Å². The van der Waals surface area contributed by atoms with Gasteiger partial charge < -0.3 is 20.4 Å². The Morgan fingerprint density at radius 1 is 1.00 bits per heavy atom. The number of carboxylic acid groups (broad SMARTS) is 2. The number of carboxylic acids is 2. The van der Waals surface area contributed by atoms with Crippen LogP contribution in [0.15, 0.2) is 53.8 Å². The molecular formula is C25H31FN6O4. The molecule has 4 rings (SSSR count). The summed E-state index contributed by atoms with van der Waals surface area (Å²) >= 11 is 0. The van der Waals surface area contributed by atoms with Crippen molar-refractivity contribution in [1.82, 2.24) is 20.2 Å². The molecule has 1 saturated heterocycles. The molecule has 10 nitrogen and oxygen atoms in total. The maximum Gasteiger partial charge on any atom is 0.328 e. The third-order valence-electron chi connectivity index (χ3n) is 5.74. The molecule has 0 saturated carbocycles. The number of rotatable bonds is 9. The molecule has 0 unspecified atom stereocenters. The van der Waals surface area contributed by atoms with Crippen molar-refractivity contribution < 1.29 is 24.2 Å². The second-order valence-corrected chi connectivity index (χ2v) is 8.30. The Morgan fingerprint density at radius 2 is 1.67 bits per heavy atom. The van der Waals surface area contributed by atoms with Crippen LogP contribution in [-0.4, -0.2) is 82.8 Å². The van der Waals surface area contributed by atoms with Gasteiger partial charge in [-0.25, -0.2) is 23.9 Å². The van der Waals surface area contributed by atoms with Gasteiger partial charge in [0.15, 0.2) is 5.82 Å². The predicted octanol–water partition coefficient (Wildman–Crippen LogP) is 0.651. The number of nitrogens with one attached hydrogen (secondary N) is 1. The molecule has 3 heterocycles. The second kappa shape index (κ2) is 13.9. The number of hydrogen-bond donors (Lipinski definition) is 3. The summed E-state index contributed by atoms with van der Waals surface area (Å²) in [7, 11) is 0. The fourth-order valence-electron chi connectivity index (χ4n) is 3.96. The van der Waals surface area contributed by atoms with E-state index in [-0.39, 0.29) is 5.82 Å². The van der Waals surface area contributed by atoms with Crippen molar-refractivity contribution in [3.8, 4) is 0 Å². The molecule has 1 aromatic carbocycles. The van der Waals surface area contributed by atoms with Crippen molar-refractivity contribution in [2.24, 2.45) is 4.99 Å². The van der Waals surface area contributed by atoms with Gasteiger partial charge in [-0.2, -0.15) is 0 Å². The van der Waals surface area contributed by atoms with Crippen molar-refractivity contribution in [1.29, 1.82) is 0 Å². The Kier molecular flexibility index (Phi) is 10.3. The predicted molar refractivity (Wildman–Crippen MR) is 132 cm³/mol. The molecule has 36 heavy (non-hydrogen) atoms. The first-order valence-electron chi connectivity index (χ1n) is 11.9. The zero-order valence-electron chi connectivity index (χ0n) is 20.0. The molecule has 0 bridgehead atoms. The zero-order chi connectivity index (χ0) is 25.8. The van der Waals surface area contributed by atoms with E-state index in [1.54, 1.807) is 0 Å².